The van der Waals surface area contributed by atoms with Gasteiger partial charge in [-0.05, 0) is 6.42 Å². The number of carbonyl (C=O) groups is 2. The van der Waals surface area contributed by atoms with Gasteiger partial charge in [-0.15, -0.1) is 0 Å². The standard InChI is InChI=1S/C11H20N2O6/c1-5(9-8(16)7(15)2-3-19-9)11(18)13-6(4-14)10(12)17/h5-9,14-16H,2-4H2,1H3,(H2,12,17)(H,13,18)/t5?,6-,7?,8?,9?/m1/s1. The average molecular weight is 276 g/mol. The summed E-state index contributed by atoms with van der Waals surface area (Å²) >= 11 is 0. The summed E-state index contributed by atoms with van der Waals surface area (Å²) < 4.78 is 5.27. The predicted molar refractivity (Wildman–Crippen MR) is 63.7 cm³/mol. The molecule has 1 aliphatic heterocycles. The van der Waals surface area contributed by atoms with E-state index in [0.29, 0.717) is 6.42 Å². The monoisotopic (exact) mass is 276 g/mol. The van der Waals surface area contributed by atoms with Crippen LogP contribution in [-0.4, -0.2) is 64.7 Å². The summed E-state index contributed by atoms with van der Waals surface area (Å²) in [6.07, 6.45) is -2.68. The first-order valence-corrected chi connectivity index (χ1v) is 6.06. The van der Waals surface area contributed by atoms with Crippen molar-refractivity contribution in [2.24, 2.45) is 11.7 Å². The van der Waals surface area contributed by atoms with Crippen LogP contribution in [0.3, 0.4) is 0 Å². The number of aliphatic hydroxyl groups excluding tert-OH is 3. The van der Waals surface area contributed by atoms with Crippen LogP contribution in [0.2, 0.25) is 0 Å². The molecule has 0 aromatic rings. The largest absolute Gasteiger partial charge is 0.394 e. The smallest absolute Gasteiger partial charge is 0.242 e. The number of hydrogen-bond acceptors (Lipinski definition) is 6. The molecule has 1 aliphatic rings. The van der Waals surface area contributed by atoms with Crippen molar-refractivity contribution in [3.63, 3.8) is 0 Å². The highest BCUT2D eigenvalue weighted by molar-refractivity contribution is 5.87. The number of aliphatic hydroxyl groups is 3. The molecule has 4 unspecified atom stereocenters. The van der Waals surface area contributed by atoms with Crippen molar-refractivity contribution in [1.29, 1.82) is 0 Å². The minimum atomic E-state index is -1.18. The first kappa shape index (κ1) is 15.8. The zero-order chi connectivity index (χ0) is 14.6. The summed E-state index contributed by atoms with van der Waals surface area (Å²) in [5.41, 5.74) is 4.99. The molecule has 1 saturated heterocycles. The molecular weight excluding hydrogens is 256 g/mol. The zero-order valence-corrected chi connectivity index (χ0v) is 10.7. The van der Waals surface area contributed by atoms with Gasteiger partial charge in [0, 0.05) is 6.61 Å². The molecule has 8 heteroatoms. The highest BCUT2D eigenvalue weighted by Gasteiger charge is 2.38. The summed E-state index contributed by atoms with van der Waals surface area (Å²) in [5, 5.41) is 30.4. The molecule has 0 aromatic carbocycles. The number of carbonyl (C=O) groups excluding carboxylic acids is 2. The number of amides is 2. The number of ether oxygens (including phenoxy) is 1. The molecule has 0 bridgehead atoms. The molecule has 6 N–H and O–H groups in total. The van der Waals surface area contributed by atoms with Gasteiger partial charge in [0.1, 0.15) is 12.1 Å². The van der Waals surface area contributed by atoms with E-state index in [1.165, 1.54) is 6.92 Å². The third-order valence-corrected chi connectivity index (χ3v) is 3.20. The van der Waals surface area contributed by atoms with Crippen LogP contribution in [0, 0.1) is 5.92 Å². The summed E-state index contributed by atoms with van der Waals surface area (Å²) in [5.74, 6) is -2.23. The predicted octanol–water partition coefficient (Wildman–Crippen LogP) is -2.90. The van der Waals surface area contributed by atoms with E-state index in [2.05, 4.69) is 5.32 Å². The molecule has 0 saturated carbocycles. The van der Waals surface area contributed by atoms with Gasteiger partial charge in [0.05, 0.1) is 24.7 Å². The summed E-state index contributed by atoms with van der Waals surface area (Å²) in [6.45, 7) is 1.13. The number of nitrogens with two attached hydrogens (primary N) is 1. The Kier molecular flexibility index (Phi) is 5.67. The van der Waals surface area contributed by atoms with E-state index in [9.17, 15) is 19.8 Å². The zero-order valence-electron chi connectivity index (χ0n) is 10.7. The second kappa shape index (κ2) is 6.80. The molecule has 0 spiro atoms. The van der Waals surface area contributed by atoms with Crippen molar-refractivity contribution < 1.29 is 29.6 Å². The van der Waals surface area contributed by atoms with Crippen LogP contribution in [0.5, 0.6) is 0 Å². The molecule has 0 radical (unpaired) electrons. The molecule has 5 atom stereocenters. The van der Waals surface area contributed by atoms with Crippen molar-refractivity contribution in [2.45, 2.75) is 37.7 Å². The van der Waals surface area contributed by atoms with Gasteiger partial charge in [0.25, 0.3) is 0 Å². The molecular formula is C11H20N2O6. The minimum Gasteiger partial charge on any atom is -0.394 e. The molecule has 0 aliphatic carbocycles. The maximum absolute atomic E-state index is 11.9. The highest BCUT2D eigenvalue weighted by atomic mass is 16.5. The molecule has 19 heavy (non-hydrogen) atoms. The Balaban J connectivity index is 2.63. The maximum Gasteiger partial charge on any atom is 0.242 e. The van der Waals surface area contributed by atoms with Crippen LogP contribution >= 0.6 is 0 Å². The fourth-order valence-corrected chi connectivity index (χ4v) is 1.91. The van der Waals surface area contributed by atoms with E-state index < -0.39 is 48.7 Å². The topological polar surface area (TPSA) is 142 Å². The third kappa shape index (κ3) is 3.87. The van der Waals surface area contributed by atoms with Crippen LogP contribution in [0.1, 0.15) is 13.3 Å². The molecule has 110 valence electrons. The molecule has 1 rings (SSSR count). The fourth-order valence-electron chi connectivity index (χ4n) is 1.91. The number of rotatable bonds is 5. The Labute approximate surface area is 110 Å². The van der Waals surface area contributed by atoms with E-state index in [1.54, 1.807) is 0 Å². The van der Waals surface area contributed by atoms with Crippen molar-refractivity contribution in [1.82, 2.24) is 5.32 Å². The summed E-state index contributed by atoms with van der Waals surface area (Å²) in [6, 6.07) is -1.18. The number of nitrogens with one attached hydrogen (secondary N) is 1. The highest BCUT2D eigenvalue weighted by Crippen LogP contribution is 2.21. The van der Waals surface area contributed by atoms with Crippen molar-refractivity contribution >= 4 is 11.8 Å². The Morgan fingerprint density at radius 1 is 1.47 bits per heavy atom. The lowest BCUT2D eigenvalue weighted by atomic mass is 9.92. The van der Waals surface area contributed by atoms with E-state index in [0.717, 1.165) is 0 Å². The van der Waals surface area contributed by atoms with Gasteiger partial charge in [-0.1, -0.05) is 6.92 Å². The van der Waals surface area contributed by atoms with Crippen LogP contribution in [0.4, 0.5) is 0 Å². The normalized spacial score (nSPS) is 30.4. The SMILES string of the molecule is CC(C(=O)N[C@H](CO)C(N)=O)C1OCCC(O)C1O. The lowest BCUT2D eigenvalue weighted by Crippen LogP contribution is -2.54. The van der Waals surface area contributed by atoms with Gasteiger partial charge >= 0.3 is 0 Å². The lowest BCUT2D eigenvalue weighted by molar-refractivity contribution is -0.162. The minimum absolute atomic E-state index is 0.236. The average Bonchev–Trinajstić information content (AvgIpc) is 2.37. The Morgan fingerprint density at radius 2 is 2.11 bits per heavy atom. The Bertz CT molecular complexity index is 337. The van der Waals surface area contributed by atoms with Crippen molar-refractivity contribution in [3.05, 3.63) is 0 Å². The van der Waals surface area contributed by atoms with Crippen LogP contribution < -0.4 is 11.1 Å². The van der Waals surface area contributed by atoms with Gasteiger partial charge in [0.15, 0.2) is 0 Å². The first-order valence-electron chi connectivity index (χ1n) is 6.06. The van der Waals surface area contributed by atoms with Crippen molar-refractivity contribution in [2.75, 3.05) is 13.2 Å². The van der Waals surface area contributed by atoms with Crippen molar-refractivity contribution in [3.8, 4) is 0 Å². The van der Waals surface area contributed by atoms with Gasteiger partial charge in [-0.3, -0.25) is 9.59 Å². The molecule has 8 nitrogen and oxygen atoms in total. The van der Waals surface area contributed by atoms with Gasteiger partial charge < -0.3 is 31.1 Å². The first-order chi connectivity index (χ1) is 8.88. The van der Waals surface area contributed by atoms with Crippen LogP contribution in [0.15, 0.2) is 0 Å². The van der Waals surface area contributed by atoms with E-state index in [4.69, 9.17) is 15.6 Å². The quantitative estimate of drug-likeness (QED) is 0.364. The van der Waals surface area contributed by atoms with Gasteiger partial charge in [-0.25, -0.2) is 0 Å². The van der Waals surface area contributed by atoms with E-state index in [-0.39, 0.29) is 6.61 Å². The second-order valence-corrected chi connectivity index (χ2v) is 4.62. The summed E-state index contributed by atoms with van der Waals surface area (Å²) in [7, 11) is 0. The van der Waals surface area contributed by atoms with E-state index in [1.807, 2.05) is 0 Å². The molecule has 1 heterocycles. The lowest BCUT2D eigenvalue weighted by Gasteiger charge is -2.35. The molecule has 2 amide bonds. The van der Waals surface area contributed by atoms with Gasteiger partial charge in [0.2, 0.25) is 11.8 Å². The maximum atomic E-state index is 11.9. The fraction of sp³-hybridized carbons (Fsp3) is 0.818. The molecule has 1 fully saturated rings. The van der Waals surface area contributed by atoms with Crippen LogP contribution in [0.25, 0.3) is 0 Å². The van der Waals surface area contributed by atoms with Gasteiger partial charge in [-0.2, -0.15) is 0 Å². The number of hydrogen-bond donors (Lipinski definition) is 5. The van der Waals surface area contributed by atoms with E-state index >= 15 is 0 Å². The second-order valence-electron chi connectivity index (χ2n) is 4.62. The third-order valence-electron chi connectivity index (χ3n) is 3.20. The summed E-state index contributed by atoms with van der Waals surface area (Å²) in [4.78, 5) is 22.8. The van der Waals surface area contributed by atoms with Crippen LogP contribution in [-0.2, 0) is 14.3 Å². The number of primary amides is 1. The Hall–Kier alpha value is -1.22. The Morgan fingerprint density at radius 3 is 2.63 bits per heavy atom. The molecule has 0 aromatic heterocycles.